The lowest BCUT2D eigenvalue weighted by Gasteiger charge is -2.17. The lowest BCUT2D eigenvalue weighted by atomic mass is 10.1. The van der Waals surface area contributed by atoms with Gasteiger partial charge in [-0.1, -0.05) is 13.3 Å². The first-order chi connectivity index (χ1) is 9.15. The summed E-state index contributed by atoms with van der Waals surface area (Å²) < 4.78 is 5.00. The molecule has 0 aromatic heterocycles. The van der Waals surface area contributed by atoms with Crippen molar-refractivity contribution in [2.75, 3.05) is 20.2 Å². The van der Waals surface area contributed by atoms with Gasteiger partial charge < -0.3 is 15.4 Å². The molecule has 0 aliphatic rings. The van der Waals surface area contributed by atoms with Crippen LogP contribution in [-0.2, 0) is 14.3 Å². The molecule has 5 nitrogen and oxygen atoms in total. The van der Waals surface area contributed by atoms with Gasteiger partial charge in [-0.05, 0) is 46.2 Å². The molecule has 1 amide bonds. The fourth-order valence-corrected chi connectivity index (χ4v) is 1.75. The smallest absolute Gasteiger partial charge is 0.328 e. The Kier molecular flexibility index (Phi) is 11.3. The van der Waals surface area contributed by atoms with Gasteiger partial charge in [0.25, 0.3) is 0 Å². The minimum absolute atomic E-state index is 0.0616. The van der Waals surface area contributed by atoms with E-state index in [1.807, 2.05) is 14.0 Å². The van der Waals surface area contributed by atoms with E-state index in [1.54, 1.807) is 6.92 Å². The maximum Gasteiger partial charge on any atom is 0.328 e. The van der Waals surface area contributed by atoms with Crippen molar-refractivity contribution in [2.45, 2.75) is 58.4 Å². The second-order valence-electron chi connectivity index (χ2n) is 4.58. The number of rotatable bonds is 11. The molecule has 0 bridgehead atoms. The van der Waals surface area contributed by atoms with Crippen LogP contribution >= 0.6 is 0 Å². The average molecular weight is 272 g/mol. The highest BCUT2D eigenvalue weighted by atomic mass is 16.5. The molecule has 112 valence electrons. The van der Waals surface area contributed by atoms with Gasteiger partial charge in [-0.25, -0.2) is 4.79 Å². The zero-order valence-corrected chi connectivity index (χ0v) is 12.5. The first-order valence-electron chi connectivity index (χ1n) is 7.26. The van der Waals surface area contributed by atoms with E-state index in [0.717, 1.165) is 32.2 Å². The summed E-state index contributed by atoms with van der Waals surface area (Å²) in [5, 5.41) is 5.84. The van der Waals surface area contributed by atoms with Gasteiger partial charge in [0.2, 0.25) is 5.91 Å². The molecular formula is C14H28N2O3. The summed E-state index contributed by atoms with van der Waals surface area (Å²) in [6.45, 7) is 5.07. The summed E-state index contributed by atoms with van der Waals surface area (Å²) in [7, 11) is 1.90. The van der Waals surface area contributed by atoms with Crippen LogP contribution < -0.4 is 10.6 Å². The van der Waals surface area contributed by atoms with Crippen molar-refractivity contribution in [3.8, 4) is 0 Å². The highest BCUT2D eigenvalue weighted by Gasteiger charge is 2.21. The average Bonchev–Trinajstić information content (AvgIpc) is 2.40. The number of amides is 1. The summed E-state index contributed by atoms with van der Waals surface area (Å²) >= 11 is 0. The van der Waals surface area contributed by atoms with Gasteiger partial charge >= 0.3 is 5.97 Å². The van der Waals surface area contributed by atoms with Crippen LogP contribution in [-0.4, -0.2) is 38.1 Å². The van der Waals surface area contributed by atoms with Crippen molar-refractivity contribution in [3.05, 3.63) is 0 Å². The Hall–Kier alpha value is -1.10. The Bertz CT molecular complexity index is 257. The number of unbranched alkanes of at least 4 members (excludes halogenated alkanes) is 2. The van der Waals surface area contributed by atoms with E-state index in [4.69, 9.17) is 4.74 Å². The normalized spacial score (nSPS) is 11.9. The van der Waals surface area contributed by atoms with Gasteiger partial charge in [0.15, 0.2) is 0 Å². The molecule has 0 aromatic carbocycles. The van der Waals surface area contributed by atoms with E-state index in [-0.39, 0.29) is 11.9 Å². The zero-order chi connectivity index (χ0) is 14.5. The molecule has 0 fully saturated rings. The lowest BCUT2D eigenvalue weighted by Crippen LogP contribution is -2.41. The van der Waals surface area contributed by atoms with Gasteiger partial charge in [-0.2, -0.15) is 0 Å². The van der Waals surface area contributed by atoms with Crippen LogP contribution in [0.5, 0.6) is 0 Å². The molecular weight excluding hydrogens is 244 g/mol. The molecule has 0 rings (SSSR count). The third-order valence-electron chi connectivity index (χ3n) is 2.83. The Morgan fingerprint density at radius 2 is 1.89 bits per heavy atom. The molecule has 0 radical (unpaired) electrons. The minimum Gasteiger partial charge on any atom is -0.464 e. The first-order valence-corrected chi connectivity index (χ1v) is 7.26. The van der Waals surface area contributed by atoms with Crippen molar-refractivity contribution in [2.24, 2.45) is 0 Å². The molecule has 0 aliphatic carbocycles. The highest BCUT2D eigenvalue weighted by Crippen LogP contribution is 2.04. The zero-order valence-electron chi connectivity index (χ0n) is 12.5. The molecule has 0 heterocycles. The molecule has 19 heavy (non-hydrogen) atoms. The number of ether oxygens (including phenoxy) is 1. The van der Waals surface area contributed by atoms with Gasteiger partial charge in [-0.3, -0.25) is 4.79 Å². The van der Waals surface area contributed by atoms with E-state index >= 15 is 0 Å². The standard InChI is InChI=1S/C14H28N2O3/c1-4-6-10-13(17)16-12(14(18)19-5-2)9-7-8-11-15-3/h12,15H,4-11H2,1-3H3,(H,16,17)/t12-/m0/s1. The van der Waals surface area contributed by atoms with E-state index in [2.05, 4.69) is 10.6 Å². The fraction of sp³-hybridized carbons (Fsp3) is 0.857. The summed E-state index contributed by atoms with van der Waals surface area (Å²) in [6, 6.07) is -0.499. The maximum atomic E-state index is 11.8. The third-order valence-corrected chi connectivity index (χ3v) is 2.83. The lowest BCUT2D eigenvalue weighted by molar-refractivity contribution is -0.147. The highest BCUT2D eigenvalue weighted by molar-refractivity contribution is 5.84. The Morgan fingerprint density at radius 1 is 1.16 bits per heavy atom. The summed E-state index contributed by atoms with van der Waals surface area (Å²) in [6.07, 6.45) is 4.80. The number of esters is 1. The van der Waals surface area contributed by atoms with Crippen LogP contribution in [0, 0.1) is 0 Å². The van der Waals surface area contributed by atoms with E-state index in [1.165, 1.54) is 0 Å². The van der Waals surface area contributed by atoms with Crippen LogP contribution in [0.1, 0.15) is 52.4 Å². The van der Waals surface area contributed by atoms with Crippen molar-refractivity contribution in [1.82, 2.24) is 10.6 Å². The summed E-state index contributed by atoms with van der Waals surface area (Å²) in [5.41, 5.74) is 0. The van der Waals surface area contributed by atoms with Gasteiger partial charge in [0.05, 0.1) is 6.61 Å². The van der Waals surface area contributed by atoms with Crippen molar-refractivity contribution < 1.29 is 14.3 Å². The Labute approximate surface area is 116 Å². The second kappa shape index (κ2) is 12.0. The SMILES string of the molecule is CCCCC(=O)N[C@@H](CCCCNC)C(=O)OCC. The molecule has 0 aliphatic heterocycles. The van der Waals surface area contributed by atoms with Crippen LogP contribution in [0.2, 0.25) is 0 Å². The molecule has 0 saturated carbocycles. The molecule has 0 spiro atoms. The van der Waals surface area contributed by atoms with Crippen LogP contribution in [0.25, 0.3) is 0 Å². The molecule has 0 unspecified atom stereocenters. The Morgan fingerprint density at radius 3 is 2.47 bits per heavy atom. The van der Waals surface area contributed by atoms with Crippen molar-refractivity contribution in [1.29, 1.82) is 0 Å². The van der Waals surface area contributed by atoms with Crippen molar-refractivity contribution in [3.63, 3.8) is 0 Å². The number of hydrogen-bond donors (Lipinski definition) is 2. The van der Waals surface area contributed by atoms with Gasteiger partial charge in [0.1, 0.15) is 6.04 Å². The molecule has 5 heteroatoms. The monoisotopic (exact) mass is 272 g/mol. The number of hydrogen-bond acceptors (Lipinski definition) is 4. The van der Waals surface area contributed by atoms with Gasteiger partial charge in [0, 0.05) is 6.42 Å². The largest absolute Gasteiger partial charge is 0.464 e. The summed E-state index contributed by atoms with van der Waals surface area (Å²) in [5.74, 6) is -0.384. The minimum atomic E-state index is -0.499. The van der Waals surface area contributed by atoms with E-state index in [9.17, 15) is 9.59 Å². The van der Waals surface area contributed by atoms with Crippen molar-refractivity contribution >= 4 is 11.9 Å². The fourth-order valence-electron chi connectivity index (χ4n) is 1.75. The van der Waals surface area contributed by atoms with Gasteiger partial charge in [-0.15, -0.1) is 0 Å². The third kappa shape index (κ3) is 9.47. The van der Waals surface area contributed by atoms with Crippen LogP contribution in [0.15, 0.2) is 0 Å². The van der Waals surface area contributed by atoms with E-state index < -0.39 is 6.04 Å². The second-order valence-corrected chi connectivity index (χ2v) is 4.58. The molecule has 0 saturated heterocycles. The maximum absolute atomic E-state index is 11.8. The molecule has 2 N–H and O–H groups in total. The topological polar surface area (TPSA) is 67.4 Å². The number of carbonyl (C=O) groups is 2. The molecule has 1 atom stereocenters. The molecule has 0 aromatic rings. The quantitative estimate of drug-likeness (QED) is 0.443. The first kappa shape index (κ1) is 17.9. The predicted molar refractivity (Wildman–Crippen MR) is 75.9 cm³/mol. The number of nitrogens with one attached hydrogen (secondary N) is 2. The predicted octanol–water partition coefficient (Wildman–Crippen LogP) is 1.61. The van der Waals surface area contributed by atoms with Crippen LogP contribution in [0.4, 0.5) is 0 Å². The van der Waals surface area contributed by atoms with Crippen LogP contribution in [0.3, 0.4) is 0 Å². The Balaban J connectivity index is 4.16. The van der Waals surface area contributed by atoms with E-state index in [0.29, 0.717) is 19.4 Å². The summed E-state index contributed by atoms with van der Waals surface area (Å²) in [4.78, 5) is 23.4. The number of carbonyl (C=O) groups excluding carboxylic acids is 2.